The lowest BCUT2D eigenvalue weighted by molar-refractivity contribution is -0.130. The van der Waals surface area contributed by atoms with E-state index < -0.39 is 0 Å². The molecule has 0 atom stereocenters. The quantitative estimate of drug-likeness (QED) is 0.447. The molecule has 0 spiro atoms. The second kappa shape index (κ2) is 9.93. The van der Waals surface area contributed by atoms with Crippen molar-refractivity contribution in [3.63, 3.8) is 0 Å². The molecule has 132 valence electrons. The first-order chi connectivity index (χ1) is 11.7. The molecule has 1 aliphatic heterocycles. The fourth-order valence-corrected chi connectivity index (χ4v) is 2.73. The molecular weight excluding hydrogens is 304 g/mol. The van der Waals surface area contributed by atoms with Gasteiger partial charge in [0.25, 0.3) is 0 Å². The Balaban J connectivity index is 1.72. The normalized spacial score (nSPS) is 14.2. The zero-order valence-corrected chi connectivity index (χ0v) is 14.7. The number of carbonyl (C=O) groups excluding carboxylic acids is 1. The zero-order valence-electron chi connectivity index (χ0n) is 14.7. The van der Waals surface area contributed by atoms with Crippen LogP contribution in [0.5, 0.6) is 0 Å². The van der Waals surface area contributed by atoms with Gasteiger partial charge >= 0.3 is 0 Å². The third kappa shape index (κ3) is 5.53. The van der Waals surface area contributed by atoms with Crippen molar-refractivity contribution in [1.29, 1.82) is 0 Å². The van der Waals surface area contributed by atoms with Crippen LogP contribution in [0.2, 0.25) is 0 Å². The minimum Gasteiger partial charge on any atom is -0.382 e. The lowest BCUT2D eigenvalue weighted by Crippen LogP contribution is -2.46. The van der Waals surface area contributed by atoms with Gasteiger partial charge in [0, 0.05) is 39.9 Å². The molecule has 0 unspecified atom stereocenters. The van der Waals surface area contributed by atoms with Gasteiger partial charge in [0.2, 0.25) is 5.91 Å². The Kier molecular flexibility index (Phi) is 7.55. The third-order valence-corrected chi connectivity index (χ3v) is 4.08. The van der Waals surface area contributed by atoms with Gasteiger partial charge in [-0.2, -0.15) is 0 Å². The Bertz CT molecular complexity index is 560. The number of aliphatic imine (C=N–C) groups is 1. The average molecular weight is 332 g/mol. The number of hydrogen-bond acceptors (Lipinski definition) is 3. The van der Waals surface area contributed by atoms with Gasteiger partial charge in [-0.15, -0.1) is 0 Å². The summed E-state index contributed by atoms with van der Waals surface area (Å²) >= 11 is 0. The molecule has 1 aliphatic rings. The fraction of sp³-hybridized carbons (Fsp3) is 0.556. The minimum atomic E-state index is 0.0989. The molecule has 0 aliphatic carbocycles. The first-order valence-corrected chi connectivity index (χ1v) is 8.61. The molecule has 24 heavy (non-hydrogen) atoms. The van der Waals surface area contributed by atoms with E-state index in [1.807, 2.05) is 17.9 Å². The molecule has 0 saturated heterocycles. The van der Waals surface area contributed by atoms with Crippen molar-refractivity contribution >= 4 is 11.9 Å². The molecule has 2 rings (SSSR count). The van der Waals surface area contributed by atoms with Crippen LogP contribution in [0.3, 0.4) is 0 Å². The van der Waals surface area contributed by atoms with Gasteiger partial charge in [0.15, 0.2) is 5.96 Å². The van der Waals surface area contributed by atoms with E-state index in [4.69, 9.17) is 4.74 Å². The summed E-state index contributed by atoms with van der Waals surface area (Å²) in [5, 5.41) is 6.28. The van der Waals surface area contributed by atoms with Gasteiger partial charge in [-0.1, -0.05) is 24.3 Å². The summed E-state index contributed by atoms with van der Waals surface area (Å²) < 4.78 is 5.29. The van der Waals surface area contributed by atoms with Crippen LogP contribution in [0.15, 0.2) is 29.3 Å². The number of guanidine groups is 1. The van der Waals surface area contributed by atoms with Crippen LogP contribution in [0.25, 0.3) is 0 Å². The largest absolute Gasteiger partial charge is 0.382 e. The highest BCUT2D eigenvalue weighted by Crippen LogP contribution is 2.18. The highest BCUT2D eigenvalue weighted by atomic mass is 16.5. The number of nitrogens with zero attached hydrogens (tertiary/aromatic N) is 2. The van der Waals surface area contributed by atoms with Gasteiger partial charge in [-0.05, 0) is 30.9 Å². The van der Waals surface area contributed by atoms with Gasteiger partial charge in [0.05, 0.1) is 6.54 Å². The molecular formula is C18H28N4O2. The summed E-state index contributed by atoms with van der Waals surface area (Å²) in [5.74, 6) is 0.749. The van der Waals surface area contributed by atoms with E-state index in [2.05, 4.69) is 33.8 Å². The molecule has 6 heteroatoms. The zero-order chi connectivity index (χ0) is 17.2. The predicted molar refractivity (Wildman–Crippen MR) is 96.0 cm³/mol. The number of hydrogen-bond donors (Lipinski definition) is 2. The van der Waals surface area contributed by atoms with Crippen molar-refractivity contribution in [3.8, 4) is 0 Å². The van der Waals surface area contributed by atoms with Gasteiger partial charge in [0.1, 0.15) is 0 Å². The van der Waals surface area contributed by atoms with E-state index in [9.17, 15) is 4.79 Å². The number of ether oxygens (including phenoxy) is 1. The number of rotatable bonds is 7. The van der Waals surface area contributed by atoms with E-state index >= 15 is 0 Å². The van der Waals surface area contributed by atoms with Crippen LogP contribution in [0.1, 0.15) is 24.5 Å². The first-order valence-electron chi connectivity index (χ1n) is 8.61. The lowest BCUT2D eigenvalue weighted by Gasteiger charge is -2.29. The van der Waals surface area contributed by atoms with Crippen LogP contribution in [-0.4, -0.2) is 56.7 Å². The number of carbonyl (C=O) groups is 1. The lowest BCUT2D eigenvalue weighted by atomic mass is 10.00. The first kappa shape index (κ1) is 18.3. The maximum absolute atomic E-state index is 12.4. The van der Waals surface area contributed by atoms with Crippen LogP contribution >= 0.6 is 0 Å². The number of amides is 1. The predicted octanol–water partition coefficient (Wildman–Crippen LogP) is 1.16. The smallest absolute Gasteiger partial charge is 0.242 e. The van der Waals surface area contributed by atoms with Crippen molar-refractivity contribution in [3.05, 3.63) is 35.4 Å². The molecule has 0 aromatic heterocycles. The van der Waals surface area contributed by atoms with Gasteiger partial charge in [-0.3, -0.25) is 9.79 Å². The topological polar surface area (TPSA) is 66.0 Å². The molecule has 0 saturated carbocycles. The van der Waals surface area contributed by atoms with E-state index in [0.29, 0.717) is 12.5 Å². The van der Waals surface area contributed by atoms with Crippen molar-refractivity contribution in [2.45, 2.75) is 26.3 Å². The highest BCUT2D eigenvalue weighted by molar-refractivity contribution is 5.86. The summed E-state index contributed by atoms with van der Waals surface area (Å²) in [5.41, 5.74) is 2.59. The molecule has 1 amide bonds. The maximum atomic E-state index is 12.4. The van der Waals surface area contributed by atoms with Crippen molar-refractivity contribution in [2.24, 2.45) is 4.99 Å². The monoisotopic (exact) mass is 332 g/mol. The Morgan fingerprint density at radius 3 is 2.83 bits per heavy atom. The Morgan fingerprint density at radius 1 is 1.29 bits per heavy atom. The Hall–Kier alpha value is -2.08. The Morgan fingerprint density at radius 2 is 2.08 bits per heavy atom. The van der Waals surface area contributed by atoms with Crippen LogP contribution in [0.4, 0.5) is 0 Å². The fourth-order valence-electron chi connectivity index (χ4n) is 2.73. The van der Waals surface area contributed by atoms with Gasteiger partial charge < -0.3 is 20.3 Å². The van der Waals surface area contributed by atoms with Crippen LogP contribution < -0.4 is 10.6 Å². The van der Waals surface area contributed by atoms with Crippen molar-refractivity contribution in [1.82, 2.24) is 15.5 Å². The van der Waals surface area contributed by atoms with Crippen LogP contribution in [0, 0.1) is 0 Å². The summed E-state index contributed by atoms with van der Waals surface area (Å²) in [4.78, 5) is 18.4. The van der Waals surface area contributed by atoms with Crippen LogP contribution in [-0.2, 0) is 22.5 Å². The molecule has 6 nitrogen and oxygen atoms in total. The Labute approximate surface area is 144 Å². The molecule has 2 N–H and O–H groups in total. The standard InChI is InChI=1S/C18H28N4O2/c1-3-24-12-6-10-20-18(19-2)21-13-17(23)22-11-9-15-7-4-5-8-16(15)14-22/h4-5,7-8H,3,6,9-14H2,1-2H3,(H2,19,20,21). The van der Waals surface area contributed by atoms with E-state index in [1.54, 1.807) is 7.05 Å². The van der Waals surface area contributed by atoms with E-state index in [-0.39, 0.29) is 12.5 Å². The van der Waals surface area contributed by atoms with Crippen molar-refractivity contribution < 1.29 is 9.53 Å². The minimum absolute atomic E-state index is 0.0989. The van der Waals surface area contributed by atoms with Gasteiger partial charge in [-0.25, -0.2) is 0 Å². The summed E-state index contributed by atoms with van der Waals surface area (Å²) in [6.07, 6.45) is 1.83. The molecule has 0 fully saturated rings. The second-order valence-corrected chi connectivity index (χ2v) is 5.74. The van der Waals surface area contributed by atoms with E-state index in [0.717, 1.165) is 39.1 Å². The van der Waals surface area contributed by atoms with E-state index in [1.165, 1.54) is 11.1 Å². The molecule has 1 aromatic carbocycles. The highest BCUT2D eigenvalue weighted by Gasteiger charge is 2.20. The number of nitrogens with one attached hydrogen (secondary N) is 2. The number of fused-ring (bicyclic) bond motifs is 1. The third-order valence-electron chi connectivity index (χ3n) is 4.08. The summed E-state index contributed by atoms with van der Waals surface area (Å²) in [6, 6.07) is 8.32. The summed E-state index contributed by atoms with van der Waals surface area (Å²) in [6.45, 7) is 5.94. The SMILES string of the molecule is CCOCCCNC(=NC)NCC(=O)N1CCc2ccccc2C1. The van der Waals surface area contributed by atoms with Crippen molar-refractivity contribution in [2.75, 3.05) is 39.9 Å². The summed E-state index contributed by atoms with van der Waals surface area (Å²) in [7, 11) is 1.71. The molecule has 1 heterocycles. The number of benzene rings is 1. The molecule has 0 bridgehead atoms. The second-order valence-electron chi connectivity index (χ2n) is 5.74. The average Bonchev–Trinajstić information content (AvgIpc) is 2.63. The maximum Gasteiger partial charge on any atom is 0.242 e. The molecule has 1 aromatic rings. The molecule has 0 radical (unpaired) electrons.